The maximum absolute atomic E-state index is 13.5. The second-order valence-corrected chi connectivity index (χ2v) is 9.18. The molecule has 3 aromatic rings. The van der Waals surface area contributed by atoms with E-state index in [1.54, 1.807) is 29.2 Å². The monoisotopic (exact) mass is 509 g/mol. The normalized spacial score (nSPS) is 20.7. The van der Waals surface area contributed by atoms with E-state index < -0.39 is 29.8 Å². The van der Waals surface area contributed by atoms with Gasteiger partial charge in [-0.2, -0.15) is 23.5 Å². The predicted octanol–water partition coefficient (Wildman–Crippen LogP) is 4.73. The van der Waals surface area contributed by atoms with Crippen LogP contribution in [0.15, 0.2) is 48.7 Å². The summed E-state index contributed by atoms with van der Waals surface area (Å²) in [5.74, 6) is -2.45. The summed E-state index contributed by atoms with van der Waals surface area (Å²) in [6.07, 6.45) is -2.74. The molecule has 0 saturated heterocycles. The highest BCUT2D eigenvalue weighted by atomic mass is 19.4. The molecule has 0 spiro atoms. The Morgan fingerprint density at radius 1 is 1.22 bits per heavy atom. The third kappa shape index (κ3) is 4.39. The van der Waals surface area contributed by atoms with E-state index in [1.165, 1.54) is 36.2 Å². The summed E-state index contributed by atoms with van der Waals surface area (Å²) >= 11 is 0. The number of carbonyl (C=O) groups excluding carboxylic acids is 2. The second-order valence-electron chi connectivity index (χ2n) is 9.18. The number of rotatable bonds is 5. The van der Waals surface area contributed by atoms with E-state index in [-0.39, 0.29) is 35.0 Å². The van der Waals surface area contributed by atoms with Crippen molar-refractivity contribution in [1.29, 1.82) is 5.26 Å². The SMILES string of the molecule is COc1ccc(C(=O)Nc2cnn3c2C(=O)N(c2ccc([C@H]4C[C@@H]4C(F)(F)F)cc2)[C@@H](C)C3)cc1C#N. The lowest BCUT2D eigenvalue weighted by Gasteiger charge is -2.34. The van der Waals surface area contributed by atoms with Gasteiger partial charge in [0.2, 0.25) is 0 Å². The average Bonchev–Trinajstić information content (AvgIpc) is 3.60. The first kappa shape index (κ1) is 24.4. The van der Waals surface area contributed by atoms with Crippen molar-refractivity contribution in [3.8, 4) is 11.8 Å². The van der Waals surface area contributed by atoms with Gasteiger partial charge in [0.25, 0.3) is 11.8 Å². The van der Waals surface area contributed by atoms with Crippen LogP contribution in [0.4, 0.5) is 24.5 Å². The van der Waals surface area contributed by atoms with Crippen LogP contribution < -0.4 is 15.0 Å². The van der Waals surface area contributed by atoms with Crippen LogP contribution in [0, 0.1) is 17.2 Å². The van der Waals surface area contributed by atoms with Crippen molar-refractivity contribution in [3.05, 3.63) is 71.0 Å². The fourth-order valence-corrected chi connectivity index (χ4v) is 4.80. The molecule has 5 rings (SSSR count). The summed E-state index contributed by atoms with van der Waals surface area (Å²) in [5, 5.41) is 16.2. The number of hydrogen-bond acceptors (Lipinski definition) is 5. The van der Waals surface area contributed by atoms with Crippen LogP contribution in [-0.4, -0.2) is 40.9 Å². The fraction of sp³-hybridized carbons (Fsp3) is 0.308. The Labute approximate surface area is 210 Å². The molecule has 2 amide bonds. The summed E-state index contributed by atoms with van der Waals surface area (Å²) in [5.41, 5.74) is 1.94. The smallest absolute Gasteiger partial charge is 0.392 e. The number of hydrogen-bond donors (Lipinski definition) is 1. The zero-order valence-corrected chi connectivity index (χ0v) is 19.9. The van der Waals surface area contributed by atoms with Crippen LogP contribution in [0.1, 0.15) is 51.2 Å². The number of fused-ring (bicyclic) bond motifs is 1. The topological polar surface area (TPSA) is 100 Å². The number of carbonyl (C=O) groups is 2. The molecule has 11 heteroatoms. The molecule has 190 valence electrons. The number of methoxy groups -OCH3 is 1. The molecular weight excluding hydrogens is 487 g/mol. The number of ether oxygens (including phenoxy) is 1. The number of alkyl halides is 3. The van der Waals surface area contributed by atoms with E-state index in [0.29, 0.717) is 23.5 Å². The number of halogens is 3. The molecule has 1 saturated carbocycles. The highest BCUT2D eigenvalue weighted by Gasteiger charge is 2.56. The highest BCUT2D eigenvalue weighted by Crippen LogP contribution is 2.56. The minimum atomic E-state index is -4.21. The van der Waals surface area contributed by atoms with Gasteiger partial charge in [-0.05, 0) is 55.2 Å². The van der Waals surface area contributed by atoms with Crippen molar-refractivity contribution in [3.63, 3.8) is 0 Å². The van der Waals surface area contributed by atoms with E-state index in [1.807, 2.05) is 13.0 Å². The Hall–Kier alpha value is -4.33. The number of amides is 2. The standard InChI is InChI=1S/C26H22F3N5O3/c1-14-13-33-23(21(12-31-33)32-24(35)16-5-8-22(37-2)17(9-16)11-30)25(36)34(14)18-6-3-15(4-7-18)19-10-20(19)26(27,28)29/h3-9,12,14,19-20H,10,13H2,1-2H3,(H,32,35)/t14-,19+,20-/m0/s1. The summed E-state index contributed by atoms with van der Waals surface area (Å²) < 4.78 is 45.5. The number of aromatic nitrogens is 2. The number of benzene rings is 2. The second kappa shape index (κ2) is 8.96. The van der Waals surface area contributed by atoms with Gasteiger partial charge in [0, 0.05) is 11.3 Å². The van der Waals surface area contributed by atoms with Crippen LogP contribution in [0.25, 0.3) is 0 Å². The molecule has 1 N–H and O–H groups in total. The Morgan fingerprint density at radius 3 is 2.57 bits per heavy atom. The molecule has 3 atom stereocenters. The van der Waals surface area contributed by atoms with E-state index >= 15 is 0 Å². The summed E-state index contributed by atoms with van der Waals surface area (Å²) in [6.45, 7) is 2.20. The minimum absolute atomic E-state index is 0.0776. The number of nitrogens with zero attached hydrogens (tertiary/aromatic N) is 4. The minimum Gasteiger partial charge on any atom is -0.495 e. The van der Waals surface area contributed by atoms with Crippen molar-refractivity contribution >= 4 is 23.2 Å². The van der Waals surface area contributed by atoms with E-state index in [2.05, 4.69) is 10.4 Å². The summed E-state index contributed by atoms with van der Waals surface area (Å²) in [4.78, 5) is 28.0. The van der Waals surface area contributed by atoms with Gasteiger partial charge in [-0.1, -0.05) is 12.1 Å². The fourth-order valence-electron chi connectivity index (χ4n) is 4.80. The number of nitriles is 1. The lowest BCUT2D eigenvalue weighted by Crippen LogP contribution is -2.47. The maximum atomic E-state index is 13.5. The molecule has 0 radical (unpaired) electrons. The molecule has 1 fully saturated rings. The molecule has 2 aliphatic rings. The average molecular weight is 509 g/mol. The summed E-state index contributed by atoms with van der Waals surface area (Å²) in [7, 11) is 1.42. The Balaban J connectivity index is 1.37. The van der Waals surface area contributed by atoms with Crippen LogP contribution in [0.5, 0.6) is 5.75 Å². The molecular formula is C26H22F3N5O3. The largest absolute Gasteiger partial charge is 0.495 e. The lowest BCUT2D eigenvalue weighted by molar-refractivity contribution is -0.148. The van der Waals surface area contributed by atoms with Gasteiger partial charge >= 0.3 is 6.18 Å². The third-order valence-electron chi connectivity index (χ3n) is 6.78. The zero-order valence-electron chi connectivity index (χ0n) is 19.9. The quantitative estimate of drug-likeness (QED) is 0.536. The van der Waals surface area contributed by atoms with Crippen molar-refractivity contribution < 1.29 is 27.5 Å². The van der Waals surface area contributed by atoms with Crippen molar-refractivity contribution in [2.24, 2.45) is 5.92 Å². The molecule has 0 unspecified atom stereocenters. The number of anilines is 2. The van der Waals surface area contributed by atoms with E-state index in [9.17, 15) is 28.0 Å². The van der Waals surface area contributed by atoms with Gasteiger partial charge in [0.15, 0.2) is 0 Å². The van der Waals surface area contributed by atoms with Gasteiger partial charge in [-0.15, -0.1) is 0 Å². The Kier molecular flexibility index (Phi) is 5.90. The Morgan fingerprint density at radius 2 is 1.95 bits per heavy atom. The molecule has 2 heterocycles. The first-order chi connectivity index (χ1) is 17.6. The predicted molar refractivity (Wildman–Crippen MR) is 128 cm³/mol. The van der Waals surface area contributed by atoms with Gasteiger partial charge in [-0.25, -0.2) is 0 Å². The van der Waals surface area contributed by atoms with E-state index in [4.69, 9.17) is 4.74 Å². The van der Waals surface area contributed by atoms with Crippen LogP contribution in [0.3, 0.4) is 0 Å². The summed E-state index contributed by atoms with van der Waals surface area (Å²) in [6, 6.07) is 12.7. The first-order valence-corrected chi connectivity index (χ1v) is 11.6. The van der Waals surface area contributed by atoms with Crippen LogP contribution >= 0.6 is 0 Å². The Bertz CT molecular complexity index is 1420. The molecule has 1 aromatic heterocycles. The van der Waals surface area contributed by atoms with Crippen molar-refractivity contribution in [2.75, 3.05) is 17.3 Å². The van der Waals surface area contributed by atoms with Gasteiger partial charge in [0.1, 0.15) is 17.5 Å². The van der Waals surface area contributed by atoms with Gasteiger partial charge < -0.3 is 15.0 Å². The maximum Gasteiger partial charge on any atom is 0.392 e. The molecule has 37 heavy (non-hydrogen) atoms. The zero-order chi connectivity index (χ0) is 26.5. The molecule has 1 aliphatic heterocycles. The van der Waals surface area contributed by atoms with Crippen molar-refractivity contribution in [2.45, 2.75) is 38.0 Å². The lowest BCUT2D eigenvalue weighted by atomic mass is 10.1. The van der Waals surface area contributed by atoms with Gasteiger partial charge in [0.05, 0.1) is 43.1 Å². The van der Waals surface area contributed by atoms with Crippen LogP contribution in [0.2, 0.25) is 0 Å². The molecule has 1 aliphatic carbocycles. The van der Waals surface area contributed by atoms with Crippen LogP contribution in [-0.2, 0) is 6.54 Å². The molecule has 0 bridgehead atoms. The first-order valence-electron chi connectivity index (χ1n) is 11.6. The highest BCUT2D eigenvalue weighted by molar-refractivity contribution is 6.13. The van der Waals surface area contributed by atoms with Gasteiger partial charge in [-0.3, -0.25) is 14.3 Å². The molecule has 8 nitrogen and oxygen atoms in total. The number of nitrogens with one attached hydrogen (secondary N) is 1. The van der Waals surface area contributed by atoms with E-state index in [0.717, 1.165) is 0 Å². The third-order valence-corrected chi connectivity index (χ3v) is 6.78. The van der Waals surface area contributed by atoms with Crippen molar-refractivity contribution in [1.82, 2.24) is 9.78 Å². The molecule has 2 aromatic carbocycles.